The maximum atomic E-state index is 11.9. The van der Waals surface area contributed by atoms with Crippen LogP contribution in [0.1, 0.15) is 25.7 Å². The lowest BCUT2D eigenvalue weighted by molar-refractivity contribution is -0.179. The zero-order valence-electron chi connectivity index (χ0n) is 10.3. The highest BCUT2D eigenvalue weighted by Crippen LogP contribution is 2.23. The molecule has 1 aliphatic rings. The fraction of sp³-hybridized carbons (Fsp3) is 0.818. The summed E-state index contributed by atoms with van der Waals surface area (Å²) < 4.78 is 39.9. The number of nitrogens with zero attached hydrogens (tertiary/aromatic N) is 1. The number of ether oxygens (including phenoxy) is 1. The van der Waals surface area contributed by atoms with E-state index in [1.807, 2.05) is 0 Å². The van der Waals surface area contributed by atoms with E-state index in [1.165, 1.54) is 0 Å². The van der Waals surface area contributed by atoms with Crippen LogP contribution < -0.4 is 0 Å². The Hall–Kier alpha value is -1.31. The van der Waals surface area contributed by atoms with Crippen LogP contribution in [0.2, 0.25) is 0 Å². The number of carboxylic acids is 1. The summed E-state index contributed by atoms with van der Waals surface area (Å²) >= 11 is 0. The number of carbonyl (C=O) groups is 2. The Bertz CT molecular complexity index is 326. The molecule has 1 saturated carbocycles. The minimum Gasteiger partial charge on any atom is -0.480 e. The first-order chi connectivity index (χ1) is 8.79. The van der Waals surface area contributed by atoms with Gasteiger partial charge in [-0.15, -0.1) is 0 Å². The lowest BCUT2D eigenvalue weighted by Gasteiger charge is -2.27. The molecule has 8 heteroatoms. The molecule has 0 radical (unpaired) electrons. The van der Waals surface area contributed by atoms with Crippen LogP contribution in [0, 0.1) is 0 Å². The molecule has 0 aromatic carbocycles. The quantitative estimate of drug-likeness (QED) is 0.800. The van der Waals surface area contributed by atoms with Crippen LogP contribution in [0.4, 0.5) is 13.2 Å². The molecular formula is C11H16F3NO4. The molecule has 110 valence electrons. The van der Waals surface area contributed by atoms with Gasteiger partial charge in [-0.2, -0.15) is 13.2 Å². The molecule has 1 N–H and O–H groups in total. The average Bonchev–Trinajstić information content (AvgIpc) is 2.76. The number of halogens is 3. The standard InChI is InChI=1S/C11H16F3NO4/c12-11(13,14)7-19-6-9(16)15(5-10(17)18)8-3-1-2-4-8/h8H,1-7H2,(H,17,18). The van der Waals surface area contributed by atoms with Gasteiger partial charge in [0.05, 0.1) is 0 Å². The minimum atomic E-state index is -4.49. The third-order valence-corrected chi connectivity index (χ3v) is 2.88. The van der Waals surface area contributed by atoms with Gasteiger partial charge in [0.15, 0.2) is 0 Å². The summed E-state index contributed by atoms with van der Waals surface area (Å²) in [5, 5.41) is 8.73. The van der Waals surface area contributed by atoms with Crippen LogP contribution in [-0.4, -0.2) is 53.9 Å². The van der Waals surface area contributed by atoms with E-state index in [4.69, 9.17) is 5.11 Å². The number of hydrogen-bond donors (Lipinski definition) is 1. The number of carboxylic acid groups (broad SMARTS) is 1. The normalized spacial score (nSPS) is 16.6. The zero-order valence-corrected chi connectivity index (χ0v) is 10.3. The highest BCUT2D eigenvalue weighted by molar-refractivity contribution is 5.82. The van der Waals surface area contributed by atoms with E-state index >= 15 is 0 Å². The fourth-order valence-electron chi connectivity index (χ4n) is 2.12. The Kier molecular flexibility index (Phi) is 5.59. The van der Waals surface area contributed by atoms with Crippen molar-refractivity contribution in [2.75, 3.05) is 19.8 Å². The SMILES string of the molecule is O=C(O)CN(C(=O)COCC(F)(F)F)C1CCCC1. The van der Waals surface area contributed by atoms with E-state index in [0.717, 1.165) is 17.7 Å². The third kappa shape index (κ3) is 5.91. The van der Waals surface area contributed by atoms with Crippen molar-refractivity contribution in [1.82, 2.24) is 4.90 Å². The van der Waals surface area contributed by atoms with Gasteiger partial charge < -0.3 is 14.7 Å². The van der Waals surface area contributed by atoms with Gasteiger partial charge in [0.2, 0.25) is 5.91 Å². The number of hydrogen-bond acceptors (Lipinski definition) is 3. The molecule has 1 rings (SSSR count). The van der Waals surface area contributed by atoms with E-state index in [1.54, 1.807) is 0 Å². The van der Waals surface area contributed by atoms with Crippen LogP contribution in [-0.2, 0) is 14.3 Å². The van der Waals surface area contributed by atoms with Crippen LogP contribution in [0.25, 0.3) is 0 Å². The molecule has 0 spiro atoms. The third-order valence-electron chi connectivity index (χ3n) is 2.88. The van der Waals surface area contributed by atoms with Crippen molar-refractivity contribution in [2.45, 2.75) is 37.9 Å². The van der Waals surface area contributed by atoms with Gasteiger partial charge in [-0.25, -0.2) is 0 Å². The van der Waals surface area contributed by atoms with Crippen molar-refractivity contribution >= 4 is 11.9 Å². The summed E-state index contributed by atoms with van der Waals surface area (Å²) in [7, 11) is 0. The molecule has 0 bridgehead atoms. The Morgan fingerprint density at radius 2 is 1.84 bits per heavy atom. The van der Waals surface area contributed by atoms with Crippen molar-refractivity contribution in [1.29, 1.82) is 0 Å². The van der Waals surface area contributed by atoms with Crippen LogP contribution in [0.5, 0.6) is 0 Å². The van der Waals surface area contributed by atoms with Gasteiger partial charge in [0, 0.05) is 6.04 Å². The molecule has 1 fully saturated rings. The molecule has 0 aromatic heterocycles. The summed E-state index contributed by atoms with van der Waals surface area (Å²) in [6, 6.07) is -0.210. The molecule has 0 saturated heterocycles. The highest BCUT2D eigenvalue weighted by atomic mass is 19.4. The van der Waals surface area contributed by atoms with Gasteiger partial charge in [-0.3, -0.25) is 9.59 Å². The summed E-state index contributed by atoms with van der Waals surface area (Å²) in [4.78, 5) is 23.5. The van der Waals surface area contributed by atoms with E-state index in [0.29, 0.717) is 12.8 Å². The summed E-state index contributed by atoms with van der Waals surface area (Å²) in [6.45, 7) is -2.76. The number of carbonyl (C=O) groups excluding carboxylic acids is 1. The van der Waals surface area contributed by atoms with E-state index in [-0.39, 0.29) is 6.04 Å². The lowest BCUT2D eigenvalue weighted by atomic mass is 10.2. The van der Waals surface area contributed by atoms with Crippen LogP contribution in [0.15, 0.2) is 0 Å². The first kappa shape index (κ1) is 15.7. The number of rotatable bonds is 6. The molecule has 0 atom stereocenters. The van der Waals surface area contributed by atoms with Gasteiger partial charge in [0.25, 0.3) is 0 Å². The van der Waals surface area contributed by atoms with Crippen molar-refractivity contribution in [3.05, 3.63) is 0 Å². The molecule has 0 heterocycles. The second-order valence-electron chi connectivity index (χ2n) is 4.46. The minimum absolute atomic E-state index is 0.210. The molecule has 0 aliphatic heterocycles. The summed E-state index contributed by atoms with van der Waals surface area (Å²) in [5.74, 6) is -1.89. The smallest absolute Gasteiger partial charge is 0.411 e. The fourth-order valence-corrected chi connectivity index (χ4v) is 2.12. The summed E-state index contributed by atoms with van der Waals surface area (Å²) in [5.41, 5.74) is 0. The van der Waals surface area contributed by atoms with Gasteiger partial charge in [0.1, 0.15) is 19.8 Å². The number of alkyl halides is 3. The Balaban J connectivity index is 2.49. The van der Waals surface area contributed by atoms with Crippen molar-refractivity contribution in [2.24, 2.45) is 0 Å². The summed E-state index contributed by atoms with van der Waals surface area (Å²) in [6.07, 6.45) is -1.36. The lowest BCUT2D eigenvalue weighted by Crippen LogP contribution is -2.44. The van der Waals surface area contributed by atoms with Gasteiger partial charge >= 0.3 is 12.1 Å². The Labute approximate surface area is 108 Å². The van der Waals surface area contributed by atoms with Crippen molar-refractivity contribution in [3.8, 4) is 0 Å². The topological polar surface area (TPSA) is 66.8 Å². The molecular weight excluding hydrogens is 267 g/mol. The molecule has 1 amide bonds. The van der Waals surface area contributed by atoms with E-state index < -0.39 is 37.8 Å². The Morgan fingerprint density at radius 3 is 2.32 bits per heavy atom. The highest BCUT2D eigenvalue weighted by Gasteiger charge is 2.31. The number of aliphatic carboxylic acids is 1. The predicted molar refractivity (Wildman–Crippen MR) is 58.5 cm³/mol. The van der Waals surface area contributed by atoms with E-state index in [9.17, 15) is 22.8 Å². The first-order valence-corrected chi connectivity index (χ1v) is 5.95. The largest absolute Gasteiger partial charge is 0.480 e. The average molecular weight is 283 g/mol. The maximum absolute atomic E-state index is 11.9. The maximum Gasteiger partial charge on any atom is 0.411 e. The van der Waals surface area contributed by atoms with Crippen LogP contribution >= 0.6 is 0 Å². The predicted octanol–water partition coefficient (Wildman–Crippen LogP) is 1.42. The second kappa shape index (κ2) is 6.74. The zero-order chi connectivity index (χ0) is 14.5. The van der Waals surface area contributed by atoms with Crippen molar-refractivity contribution in [3.63, 3.8) is 0 Å². The van der Waals surface area contributed by atoms with Crippen molar-refractivity contribution < 1.29 is 32.6 Å². The number of amides is 1. The van der Waals surface area contributed by atoms with E-state index in [2.05, 4.69) is 4.74 Å². The van der Waals surface area contributed by atoms with Gasteiger partial charge in [-0.05, 0) is 12.8 Å². The molecule has 5 nitrogen and oxygen atoms in total. The molecule has 0 aromatic rings. The van der Waals surface area contributed by atoms with Gasteiger partial charge in [-0.1, -0.05) is 12.8 Å². The second-order valence-corrected chi connectivity index (χ2v) is 4.46. The molecule has 1 aliphatic carbocycles. The van der Waals surface area contributed by atoms with Crippen LogP contribution in [0.3, 0.4) is 0 Å². The Morgan fingerprint density at radius 1 is 1.26 bits per heavy atom. The molecule has 19 heavy (non-hydrogen) atoms. The first-order valence-electron chi connectivity index (χ1n) is 5.95. The monoisotopic (exact) mass is 283 g/mol. The molecule has 0 unspecified atom stereocenters.